The van der Waals surface area contributed by atoms with Gasteiger partial charge in [-0.2, -0.15) is 13.2 Å². The molecule has 2 N–H and O–H groups in total. The molecule has 0 spiro atoms. The molecule has 1 fully saturated rings. The number of halogens is 4. The van der Waals surface area contributed by atoms with Gasteiger partial charge in [0.2, 0.25) is 5.91 Å². The first-order valence-electron chi connectivity index (χ1n) is 9.06. The maximum Gasteiger partial charge on any atom is 0.419 e. The largest absolute Gasteiger partial charge is 0.491 e. The van der Waals surface area contributed by atoms with Gasteiger partial charge in [0.1, 0.15) is 12.4 Å². The second-order valence-corrected chi connectivity index (χ2v) is 7.04. The summed E-state index contributed by atoms with van der Waals surface area (Å²) in [6.07, 6.45) is -1.90. The Kier molecular flexibility index (Phi) is 9.39. The van der Waals surface area contributed by atoms with Crippen LogP contribution in [-0.2, 0) is 11.0 Å². The number of piperidine rings is 1. The molecular formula is C19H28ClF3N2O2. The zero-order valence-electron chi connectivity index (χ0n) is 15.6. The lowest BCUT2D eigenvalue weighted by Crippen LogP contribution is -2.39. The van der Waals surface area contributed by atoms with Crippen LogP contribution in [0.3, 0.4) is 0 Å². The summed E-state index contributed by atoms with van der Waals surface area (Å²) in [5.41, 5.74) is -0.807. The van der Waals surface area contributed by atoms with E-state index in [1.807, 2.05) is 0 Å². The van der Waals surface area contributed by atoms with Crippen LogP contribution in [0.25, 0.3) is 0 Å². The van der Waals surface area contributed by atoms with Crippen molar-refractivity contribution in [3.05, 3.63) is 29.8 Å². The molecule has 2 atom stereocenters. The minimum absolute atomic E-state index is 0. The molecule has 0 saturated carbocycles. The summed E-state index contributed by atoms with van der Waals surface area (Å²) in [6, 6.07) is 4.72. The van der Waals surface area contributed by atoms with E-state index in [0.717, 1.165) is 32.0 Å². The van der Waals surface area contributed by atoms with E-state index in [2.05, 4.69) is 17.6 Å². The Labute approximate surface area is 164 Å². The van der Waals surface area contributed by atoms with Crippen molar-refractivity contribution in [3.63, 3.8) is 0 Å². The highest BCUT2D eigenvalue weighted by Gasteiger charge is 2.34. The number of para-hydroxylation sites is 1. The van der Waals surface area contributed by atoms with E-state index in [4.69, 9.17) is 4.74 Å². The SMILES string of the molecule is CC(COc1ccccc1C(F)(F)F)NC(=O)CC(C)C1CCNCC1.Cl. The molecule has 8 heteroatoms. The van der Waals surface area contributed by atoms with E-state index in [0.29, 0.717) is 12.3 Å². The van der Waals surface area contributed by atoms with E-state index in [9.17, 15) is 18.0 Å². The quantitative estimate of drug-likeness (QED) is 0.716. The third-order valence-corrected chi connectivity index (χ3v) is 4.78. The number of hydrogen-bond donors (Lipinski definition) is 2. The van der Waals surface area contributed by atoms with E-state index in [-0.39, 0.29) is 42.6 Å². The number of hydrogen-bond acceptors (Lipinski definition) is 3. The predicted octanol–water partition coefficient (Wildman–Crippen LogP) is 4.04. The number of nitrogens with one attached hydrogen (secondary N) is 2. The number of benzene rings is 1. The zero-order valence-corrected chi connectivity index (χ0v) is 16.5. The molecule has 0 aromatic heterocycles. The Balaban J connectivity index is 0.00000364. The van der Waals surface area contributed by atoms with Gasteiger partial charge in [-0.1, -0.05) is 19.1 Å². The van der Waals surface area contributed by atoms with Gasteiger partial charge in [-0.15, -0.1) is 12.4 Å². The fourth-order valence-corrected chi connectivity index (χ4v) is 3.29. The number of amides is 1. The third-order valence-electron chi connectivity index (χ3n) is 4.78. The van der Waals surface area contributed by atoms with Crippen LogP contribution in [0.4, 0.5) is 13.2 Å². The lowest BCUT2D eigenvalue weighted by Gasteiger charge is -2.28. The molecule has 1 aliphatic rings. The molecule has 1 heterocycles. The van der Waals surface area contributed by atoms with Crippen LogP contribution in [-0.4, -0.2) is 31.6 Å². The number of carbonyl (C=O) groups is 1. The van der Waals surface area contributed by atoms with Crippen LogP contribution in [0.5, 0.6) is 5.75 Å². The summed E-state index contributed by atoms with van der Waals surface area (Å²) < 4.78 is 44.2. The first kappa shape index (κ1) is 23.6. The molecule has 27 heavy (non-hydrogen) atoms. The van der Waals surface area contributed by atoms with Crippen molar-refractivity contribution in [1.82, 2.24) is 10.6 Å². The third kappa shape index (κ3) is 7.58. The molecule has 1 aromatic rings. The average molecular weight is 409 g/mol. The second-order valence-electron chi connectivity index (χ2n) is 7.04. The minimum atomic E-state index is -4.46. The van der Waals surface area contributed by atoms with E-state index >= 15 is 0 Å². The van der Waals surface area contributed by atoms with Crippen molar-refractivity contribution in [3.8, 4) is 5.75 Å². The van der Waals surface area contributed by atoms with Gasteiger partial charge in [0.25, 0.3) is 0 Å². The predicted molar refractivity (Wildman–Crippen MR) is 101 cm³/mol. The maximum atomic E-state index is 12.9. The van der Waals surface area contributed by atoms with Crippen LogP contribution in [0.2, 0.25) is 0 Å². The summed E-state index contributed by atoms with van der Waals surface area (Å²) in [5, 5.41) is 6.12. The number of rotatable bonds is 7. The molecule has 4 nitrogen and oxygen atoms in total. The maximum absolute atomic E-state index is 12.9. The van der Waals surface area contributed by atoms with Crippen LogP contribution < -0.4 is 15.4 Å². The molecule has 1 aliphatic heterocycles. The Bertz CT molecular complexity index is 593. The second kappa shape index (κ2) is 10.8. The lowest BCUT2D eigenvalue weighted by atomic mass is 9.84. The van der Waals surface area contributed by atoms with E-state index in [1.54, 1.807) is 6.92 Å². The van der Waals surface area contributed by atoms with Gasteiger partial charge in [0.05, 0.1) is 11.6 Å². The van der Waals surface area contributed by atoms with Crippen LogP contribution in [0, 0.1) is 11.8 Å². The smallest absolute Gasteiger partial charge is 0.419 e. The highest BCUT2D eigenvalue weighted by Crippen LogP contribution is 2.35. The van der Waals surface area contributed by atoms with Gasteiger partial charge in [-0.3, -0.25) is 4.79 Å². The molecule has 0 aliphatic carbocycles. The first-order chi connectivity index (χ1) is 12.3. The van der Waals surface area contributed by atoms with Crippen molar-refractivity contribution in [2.45, 2.75) is 45.3 Å². The van der Waals surface area contributed by atoms with Gasteiger partial charge < -0.3 is 15.4 Å². The summed E-state index contributed by atoms with van der Waals surface area (Å²) in [7, 11) is 0. The van der Waals surface area contributed by atoms with E-state index < -0.39 is 11.7 Å². The molecular weight excluding hydrogens is 381 g/mol. The van der Waals surface area contributed by atoms with Gasteiger partial charge in [-0.05, 0) is 56.8 Å². The Hall–Kier alpha value is -1.47. The molecule has 2 rings (SSSR count). The molecule has 1 amide bonds. The standard InChI is InChI=1S/C19H27F3N2O2.ClH/c1-13(15-7-9-23-10-8-15)11-18(25)24-14(2)12-26-17-6-4-3-5-16(17)19(20,21)22;/h3-6,13-15,23H,7-12H2,1-2H3,(H,24,25);1H. The molecule has 0 radical (unpaired) electrons. The average Bonchev–Trinajstić information content (AvgIpc) is 2.60. The van der Waals surface area contributed by atoms with Crippen molar-refractivity contribution < 1.29 is 22.7 Å². The highest BCUT2D eigenvalue weighted by atomic mass is 35.5. The molecule has 154 valence electrons. The van der Waals surface area contributed by atoms with Crippen molar-refractivity contribution in [2.24, 2.45) is 11.8 Å². The molecule has 1 aromatic carbocycles. The highest BCUT2D eigenvalue weighted by molar-refractivity contribution is 5.85. The summed E-state index contributed by atoms with van der Waals surface area (Å²) in [6.45, 7) is 5.76. The Morgan fingerprint density at radius 2 is 1.89 bits per heavy atom. The Morgan fingerprint density at radius 1 is 1.26 bits per heavy atom. The topological polar surface area (TPSA) is 50.4 Å². The fraction of sp³-hybridized carbons (Fsp3) is 0.632. The fourth-order valence-electron chi connectivity index (χ4n) is 3.29. The van der Waals surface area contributed by atoms with Gasteiger partial charge >= 0.3 is 6.18 Å². The van der Waals surface area contributed by atoms with Crippen LogP contribution >= 0.6 is 12.4 Å². The zero-order chi connectivity index (χ0) is 19.2. The lowest BCUT2D eigenvalue weighted by molar-refractivity contribution is -0.139. The van der Waals surface area contributed by atoms with Crippen molar-refractivity contribution in [2.75, 3.05) is 19.7 Å². The first-order valence-corrected chi connectivity index (χ1v) is 9.06. The molecule has 1 saturated heterocycles. The number of carbonyl (C=O) groups excluding carboxylic acids is 1. The number of alkyl halides is 3. The van der Waals surface area contributed by atoms with E-state index in [1.165, 1.54) is 18.2 Å². The Morgan fingerprint density at radius 3 is 2.52 bits per heavy atom. The van der Waals surface area contributed by atoms with Gasteiger partial charge in [0.15, 0.2) is 0 Å². The molecule has 0 bridgehead atoms. The van der Waals surface area contributed by atoms with Crippen molar-refractivity contribution >= 4 is 18.3 Å². The van der Waals surface area contributed by atoms with Gasteiger partial charge in [0, 0.05) is 6.42 Å². The summed E-state index contributed by atoms with van der Waals surface area (Å²) in [5.74, 6) is 0.517. The normalized spacial score (nSPS) is 17.5. The minimum Gasteiger partial charge on any atom is -0.491 e. The summed E-state index contributed by atoms with van der Waals surface area (Å²) in [4.78, 5) is 12.2. The molecule has 2 unspecified atom stereocenters. The van der Waals surface area contributed by atoms with Crippen LogP contribution in [0.1, 0.15) is 38.7 Å². The summed E-state index contributed by atoms with van der Waals surface area (Å²) >= 11 is 0. The van der Waals surface area contributed by atoms with Crippen molar-refractivity contribution in [1.29, 1.82) is 0 Å². The monoisotopic (exact) mass is 408 g/mol. The van der Waals surface area contributed by atoms with Crippen LogP contribution in [0.15, 0.2) is 24.3 Å². The number of ether oxygens (including phenoxy) is 1. The van der Waals surface area contributed by atoms with Gasteiger partial charge in [-0.25, -0.2) is 0 Å².